The highest BCUT2D eigenvalue weighted by Crippen LogP contribution is 2.24. The molecule has 0 aromatic heterocycles. The van der Waals surface area contributed by atoms with Gasteiger partial charge in [-0.25, -0.2) is 0 Å². The number of nitro benzene ring substituents is 1. The van der Waals surface area contributed by atoms with Gasteiger partial charge < -0.3 is 10.6 Å². The van der Waals surface area contributed by atoms with Crippen molar-refractivity contribution in [3.63, 3.8) is 0 Å². The van der Waals surface area contributed by atoms with Gasteiger partial charge in [-0.1, -0.05) is 12.1 Å². The number of non-ortho nitro benzene ring substituents is 1. The Kier molecular flexibility index (Phi) is 12.9. The molecule has 2 N–H and O–H groups in total. The zero-order chi connectivity index (χ0) is 22.7. The summed E-state index contributed by atoms with van der Waals surface area (Å²) >= 11 is 0. The summed E-state index contributed by atoms with van der Waals surface area (Å²) in [5.74, 6) is 1.17. The summed E-state index contributed by atoms with van der Waals surface area (Å²) in [6, 6.07) is 6.64. The first-order valence-corrected chi connectivity index (χ1v) is 10.7. The maximum Gasteiger partial charge on any atom is 0.401 e. The predicted molar refractivity (Wildman–Crippen MR) is 131 cm³/mol. The van der Waals surface area contributed by atoms with Crippen molar-refractivity contribution in [1.29, 1.82) is 0 Å². The molecule has 0 spiro atoms. The zero-order valence-electron chi connectivity index (χ0n) is 18.4. The lowest BCUT2D eigenvalue weighted by atomic mass is 9.93. The first-order valence-electron chi connectivity index (χ1n) is 10.7. The molecule has 1 aromatic carbocycles. The smallest absolute Gasteiger partial charge is 0.356 e. The highest BCUT2D eigenvalue weighted by atomic mass is 127. The van der Waals surface area contributed by atoms with Crippen molar-refractivity contribution in [2.24, 2.45) is 10.9 Å². The molecule has 0 bridgehead atoms. The van der Waals surface area contributed by atoms with Crippen molar-refractivity contribution in [2.45, 2.75) is 44.7 Å². The number of hydrogen-bond donors (Lipinski definition) is 2. The molecule has 1 aliphatic rings. The van der Waals surface area contributed by atoms with Gasteiger partial charge in [0.05, 0.1) is 11.5 Å². The molecule has 1 aromatic rings. The Bertz CT molecular complexity index is 708. The van der Waals surface area contributed by atoms with Crippen molar-refractivity contribution in [3.05, 3.63) is 39.9 Å². The van der Waals surface area contributed by atoms with Crippen molar-refractivity contribution in [3.8, 4) is 0 Å². The molecule has 0 saturated carbocycles. The first-order chi connectivity index (χ1) is 14.8. The minimum absolute atomic E-state index is 0. The Hall–Kier alpha value is -1.63. The molecule has 1 saturated heterocycles. The number of hydrogen-bond acceptors (Lipinski definition) is 4. The lowest BCUT2D eigenvalue weighted by Gasteiger charge is -2.32. The number of halogens is 4. The van der Waals surface area contributed by atoms with E-state index in [4.69, 9.17) is 0 Å². The third kappa shape index (κ3) is 11.3. The molecule has 0 aliphatic carbocycles. The normalized spacial score (nSPS) is 15.8. The maximum atomic E-state index is 12.5. The second-order valence-electron chi connectivity index (χ2n) is 7.93. The van der Waals surface area contributed by atoms with E-state index in [0.717, 1.165) is 63.1 Å². The van der Waals surface area contributed by atoms with Gasteiger partial charge in [0, 0.05) is 32.3 Å². The van der Waals surface area contributed by atoms with E-state index in [-0.39, 0.29) is 29.7 Å². The fourth-order valence-electron chi connectivity index (χ4n) is 3.75. The molecule has 0 radical (unpaired) electrons. The van der Waals surface area contributed by atoms with Crippen LogP contribution in [0.15, 0.2) is 29.3 Å². The molecule has 182 valence electrons. The van der Waals surface area contributed by atoms with Gasteiger partial charge in [0.2, 0.25) is 0 Å². The SMILES string of the molecule is CN=C(NCCCCc1ccc([N+](=O)[O-])cc1)NCCC1CCN(CC(F)(F)F)CC1.I. The number of unbranched alkanes of at least 4 members (excludes halogenated alkanes) is 1. The number of aliphatic imine (C=N–C) groups is 1. The molecule has 1 fully saturated rings. The van der Waals surface area contributed by atoms with Crippen molar-refractivity contribution in [1.82, 2.24) is 15.5 Å². The van der Waals surface area contributed by atoms with E-state index in [1.165, 1.54) is 17.0 Å². The minimum Gasteiger partial charge on any atom is -0.356 e. The Balaban J connectivity index is 0.00000512. The van der Waals surface area contributed by atoms with Crippen molar-refractivity contribution in [2.75, 3.05) is 39.8 Å². The molecule has 0 amide bonds. The third-order valence-electron chi connectivity index (χ3n) is 5.51. The molecule has 0 atom stereocenters. The largest absolute Gasteiger partial charge is 0.401 e. The van der Waals surface area contributed by atoms with Crippen LogP contribution in [0.1, 0.15) is 37.7 Å². The summed E-state index contributed by atoms with van der Waals surface area (Å²) in [6.07, 6.45) is 1.15. The number of nitrogens with one attached hydrogen (secondary N) is 2. The molecular formula is C21H33F3IN5O2. The van der Waals surface area contributed by atoms with E-state index in [0.29, 0.717) is 19.0 Å². The van der Waals surface area contributed by atoms with E-state index >= 15 is 0 Å². The number of piperidine rings is 1. The summed E-state index contributed by atoms with van der Waals surface area (Å²) in [7, 11) is 1.71. The predicted octanol–water partition coefficient (Wildman–Crippen LogP) is 4.36. The number of likely N-dealkylation sites (tertiary alicyclic amines) is 1. The van der Waals surface area contributed by atoms with Crippen LogP contribution in [0.25, 0.3) is 0 Å². The number of benzene rings is 1. The fraction of sp³-hybridized carbons (Fsp3) is 0.667. The van der Waals surface area contributed by atoms with Gasteiger partial charge >= 0.3 is 6.18 Å². The number of nitro groups is 1. The molecule has 32 heavy (non-hydrogen) atoms. The van der Waals surface area contributed by atoms with Crippen LogP contribution < -0.4 is 10.6 Å². The van der Waals surface area contributed by atoms with Crippen molar-refractivity contribution < 1.29 is 18.1 Å². The third-order valence-corrected chi connectivity index (χ3v) is 5.51. The van der Waals surface area contributed by atoms with Gasteiger partial charge in [0.15, 0.2) is 5.96 Å². The summed E-state index contributed by atoms with van der Waals surface area (Å²) in [4.78, 5) is 16.0. The van der Waals surface area contributed by atoms with Crippen LogP contribution in [0.4, 0.5) is 18.9 Å². The first kappa shape index (κ1) is 28.4. The monoisotopic (exact) mass is 571 g/mol. The van der Waals surface area contributed by atoms with Crippen LogP contribution >= 0.6 is 24.0 Å². The second kappa shape index (κ2) is 14.5. The average molecular weight is 571 g/mol. The Labute approximate surface area is 204 Å². The molecule has 1 aliphatic heterocycles. The van der Waals surface area contributed by atoms with Crippen LogP contribution in [-0.4, -0.2) is 61.7 Å². The van der Waals surface area contributed by atoms with Gasteiger partial charge in [-0.3, -0.25) is 20.0 Å². The van der Waals surface area contributed by atoms with Gasteiger partial charge in [-0.15, -0.1) is 24.0 Å². The van der Waals surface area contributed by atoms with Crippen LogP contribution in [0.3, 0.4) is 0 Å². The standard InChI is InChI=1S/C21H32F3N5O2.HI/c1-25-20(26-12-3-2-4-17-5-7-19(8-6-17)29(30)31)27-13-9-18-10-14-28(15-11-18)16-21(22,23)24;/h5-8,18H,2-4,9-16H2,1H3,(H2,25,26,27);1H. The molecule has 0 unspecified atom stereocenters. The summed E-state index contributed by atoms with van der Waals surface area (Å²) < 4.78 is 37.4. The molecule has 11 heteroatoms. The average Bonchev–Trinajstić information content (AvgIpc) is 2.72. The van der Waals surface area contributed by atoms with E-state index in [2.05, 4.69) is 15.6 Å². The Morgan fingerprint density at radius 3 is 2.34 bits per heavy atom. The van der Waals surface area contributed by atoms with Gasteiger partial charge in [-0.2, -0.15) is 13.2 Å². The fourth-order valence-corrected chi connectivity index (χ4v) is 3.75. The highest BCUT2D eigenvalue weighted by molar-refractivity contribution is 14.0. The lowest BCUT2D eigenvalue weighted by Crippen LogP contribution is -2.41. The summed E-state index contributed by atoms with van der Waals surface area (Å²) in [6.45, 7) is 1.71. The number of aryl methyl sites for hydroxylation is 1. The van der Waals surface area contributed by atoms with Gasteiger partial charge in [0.25, 0.3) is 5.69 Å². The van der Waals surface area contributed by atoms with Gasteiger partial charge in [-0.05, 0) is 63.1 Å². The number of nitrogens with zero attached hydrogens (tertiary/aromatic N) is 3. The highest BCUT2D eigenvalue weighted by Gasteiger charge is 2.32. The molecule has 2 rings (SSSR count). The summed E-state index contributed by atoms with van der Waals surface area (Å²) in [5, 5.41) is 17.2. The molecule has 1 heterocycles. The number of guanidine groups is 1. The number of alkyl halides is 3. The Morgan fingerprint density at radius 1 is 1.16 bits per heavy atom. The zero-order valence-corrected chi connectivity index (χ0v) is 20.7. The van der Waals surface area contributed by atoms with Crippen LogP contribution in [-0.2, 0) is 6.42 Å². The van der Waals surface area contributed by atoms with Crippen LogP contribution in [0.2, 0.25) is 0 Å². The lowest BCUT2D eigenvalue weighted by molar-refractivity contribution is -0.384. The van der Waals surface area contributed by atoms with E-state index < -0.39 is 17.6 Å². The van der Waals surface area contributed by atoms with Crippen LogP contribution in [0.5, 0.6) is 0 Å². The topological polar surface area (TPSA) is 82.8 Å². The second-order valence-corrected chi connectivity index (χ2v) is 7.93. The number of rotatable bonds is 10. The molecular weight excluding hydrogens is 538 g/mol. The maximum absolute atomic E-state index is 12.5. The Morgan fingerprint density at radius 2 is 1.78 bits per heavy atom. The minimum atomic E-state index is -4.12. The van der Waals surface area contributed by atoms with E-state index in [1.807, 2.05) is 0 Å². The van der Waals surface area contributed by atoms with Gasteiger partial charge in [0.1, 0.15) is 0 Å². The van der Waals surface area contributed by atoms with Crippen molar-refractivity contribution >= 4 is 35.6 Å². The van der Waals surface area contributed by atoms with E-state index in [1.54, 1.807) is 19.2 Å². The summed E-state index contributed by atoms with van der Waals surface area (Å²) in [5.41, 5.74) is 1.18. The quantitative estimate of drug-likeness (QED) is 0.109. The van der Waals surface area contributed by atoms with E-state index in [9.17, 15) is 23.3 Å². The van der Waals surface area contributed by atoms with Crippen LogP contribution in [0, 0.1) is 16.0 Å². The molecule has 7 nitrogen and oxygen atoms in total.